The van der Waals surface area contributed by atoms with Crippen molar-refractivity contribution in [3.63, 3.8) is 0 Å². The van der Waals surface area contributed by atoms with Gasteiger partial charge < -0.3 is 5.11 Å². The van der Waals surface area contributed by atoms with Crippen LogP contribution in [0.3, 0.4) is 0 Å². The number of aliphatic hydroxyl groups is 1. The molecule has 0 aromatic rings. The van der Waals surface area contributed by atoms with Gasteiger partial charge in [-0.2, -0.15) is 0 Å². The highest BCUT2D eigenvalue weighted by Crippen LogP contribution is 2.84. The Bertz CT molecular complexity index is 584. The molecule has 0 radical (unpaired) electrons. The maximum Gasteiger partial charge on any atom is 0.139 e. The molecule has 0 saturated heterocycles. The van der Waals surface area contributed by atoms with Crippen molar-refractivity contribution < 1.29 is 9.90 Å². The number of ketones is 1. The Morgan fingerprint density at radius 2 is 1.70 bits per heavy atom. The van der Waals surface area contributed by atoms with Gasteiger partial charge in [-0.25, -0.2) is 0 Å². The minimum absolute atomic E-state index is 0.333. The van der Waals surface area contributed by atoms with Crippen LogP contribution in [0.2, 0.25) is 0 Å². The van der Waals surface area contributed by atoms with Gasteiger partial charge in [0, 0.05) is 11.8 Å². The molecule has 10 aliphatic rings. The quantitative estimate of drug-likeness (QED) is 0.733. The van der Waals surface area contributed by atoms with Crippen molar-refractivity contribution in [2.24, 2.45) is 58.7 Å². The fourth-order valence-electron chi connectivity index (χ4n) is 10.0. The van der Waals surface area contributed by atoms with Gasteiger partial charge in [0.15, 0.2) is 0 Å². The van der Waals surface area contributed by atoms with E-state index < -0.39 is 0 Å². The van der Waals surface area contributed by atoms with Crippen LogP contribution in [0.5, 0.6) is 0 Å². The van der Waals surface area contributed by atoms with E-state index in [4.69, 9.17) is 0 Å². The molecule has 11 bridgehead atoms. The summed E-state index contributed by atoms with van der Waals surface area (Å²) in [6, 6.07) is 0. The number of Topliss-reactive ketones (excluding diaryl/α,β-unsaturated/α-hetero) is 1. The first kappa shape index (κ1) is 10.4. The lowest BCUT2D eigenvalue weighted by atomic mass is 9.21. The van der Waals surface area contributed by atoms with Crippen LogP contribution in [-0.2, 0) is 4.79 Å². The summed E-state index contributed by atoms with van der Waals surface area (Å²) in [4.78, 5) is 12.8. The zero-order chi connectivity index (χ0) is 13.0. The van der Waals surface area contributed by atoms with Crippen molar-refractivity contribution in [1.29, 1.82) is 0 Å². The summed E-state index contributed by atoms with van der Waals surface area (Å²) < 4.78 is 0. The van der Waals surface area contributed by atoms with E-state index in [-0.39, 0.29) is 5.60 Å². The molecule has 10 rings (SSSR count). The lowest BCUT2D eigenvalue weighted by Gasteiger charge is -2.83. The Kier molecular flexibility index (Phi) is 1.32. The minimum Gasteiger partial charge on any atom is -0.390 e. The lowest BCUT2D eigenvalue weighted by Crippen LogP contribution is -2.81. The van der Waals surface area contributed by atoms with Gasteiger partial charge in [-0.15, -0.1) is 0 Å². The molecule has 0 heterocycles. The molecule has 0 aromatic carbocycles. The molecule has 2 nitrogen and oxygen atoms in total. The second-order valence-electron chi connectivity index (χ2n) is 9.71. The Labute approximate surface area is 119 Å². The lowest BCUT2D eigenvalue weighted by molar-refractivity contribution is -0.357. The Morgan fingerprint density at radius 1 is 0.900 bits per heavy atom. The Balaban J connectivity index is 1.56. The zero-order valence-corrected chi connectivity index (χ0v) is 11.8. The standard InChI is InChI=1S/C18H22O2/c19-16-7-1-10-9-2-8-11-4-17(20)5-12(8)15(13(9)16)18(3-7,6-17)14(10)11/h7-15,20H,1-6H2/t7-,8-,9+,10-,11+,12-,13-,14+,15+,17+,18+/m0/s1. The number of carbonyl (C=O) groups is 1. The summed E-state index contributed by atoms with van der Waals surface area (Å²) in [7, 11) is 0. The first-order valence-corrected chi connectivity index (χ1v) is 8.87. The molecule has 10 aliphatic carbocycles. The van der Waals surface area contributed by atoms with Crippen LogP contribution >= 0.6 is 0 Å². The van der Waals surface area contributed by atoms with Gasteiger partial charge in [-0.3, -0.25) is 4.79 Å². The third-order valence-electron chi connectivity index (χ3n) is 9.56. The molecule has 1 spiro atoms. The van der Waals surface area contributed by atoms with Crippen LogP contribution in [0.15, 0.2) is 0 Å². The van der Waals surface area contributed by atoms with Gasteiger partial charge in [-0.1, -0.05) is 0 Å². The smallest absolute Gasteiger partial charge is 0.139 e. The van der Waals surface area contributed by atoms with E-state index in [1.54, 1.807) is 0 Å². The Hall–Kier alpha value is -0.370. The van der Waals surface area contributed by atoms with Gasteiger partial charge in [0.05, 0.1) is 5.60 Å². The van der Waals surface area contributed by atoms with Crippen LogP contribution in [0, 0.1) is 58.7 Å². The van der Waals surface area contributed by atoms with E-state index in [2.05, 4.69) is 0 Å². The third kappa shape index (κ3) is 0.750. The number of hydrogen-bond donors (Lipinski definition) is 1. The van der Waals surface area contributed by atoms with Crippen molar-refractivity contribution >= 4 is 5.78 Å². The minimum atomic E-state index is -0.333. The second-order valence-corrected chi connectivity index (χ2v) is 9.71. The van der Waals surface area contributed by atoms with Crippen LogP contribution in [0.4, 0.5) is 0 Å². The van der Waals surface area contributed by atoms with Crippen molar-refractivity contribution in [3.8, 4) is 0 Å². The third-order valence-corrected chi connectivity index (χ3v) is 9.56. The van der Waals surface area contributed by atoms with Crippen molar-refractivity contribution in [3.05, 3.63) is 0 Å². The molecule has 106 valence electrons. The van der Waals surface area contributed by atoms with E-state index in [9.17, 15) is 9.90 Å². The molecule has 0 aromatic heterocycles. The molecule has 2 heteroatoms. The maximum absolute atomic E-state index is 12.8. The number of carbonyl (C=O) groups excluding carboxylic acids is 1. The number of rotatable bonds is 0. The summed E-state index contributed by atoms with van der Waals surface area (Å²) >= 11 is 0. The molecular weight excluding hydrogens is 248 g/mol. The summed E-state index contributed by atoms with van der Waals surface area (Å²) in [6.45, 7) is 0. The van der Waals surface area contributed by atoms with Crippen molar-refractivity contribution in [1.82, 2.24) is 0 Å². The normalized spacial score (nSPS) is 77.0. The molecule has 1 N–H and O–H groups in total. The second kappa shape index (κ2) is 2.55. The predicted molar refractivity (Wildman–Crippen MR) is 71.5 cm³/mol. The zero-order valence-electron chi connectivity index (χ0n) is 11.8. The van der Waals surface area contributed by atoms with E-state index >= 15 is 0 Å². The largest absolute Gasteiger partial charge is 0.390 e. The maximum atomic E-state index is 12.8. The fourth-order valence-corrected chi connectivity index (χ4v) is 10.0. The average molecular weight is 270 g/mol. The first-order valence-electron chi connectivity index (χ1n) is 8.87. The van der Waals surface area contributed by atoms with Gasteiger partial charge in [-0.05, 0) is 85.4 Å². The fraction of sp³-hybridized carbons (Fsp3) is 0.944. The Morgan fingerprint density at radius 3 is 2.55 bits per heavy atom. The highest BCUT2D eigenvalue weighted by atomic mass is 16.3. The van der Waals surface area contributed by atoms with E-state index in [1.807, 2.05) is 0 Å². The molecule has 11 atom stereocenters. The van der Waals surface area contributed by atoms with Crippen LogP contribution in [-0.4, -0.2) is 16.5 Å². The summed E-state index contributed by atoms with van der Waals surface area (Å²) in [5, 5.41) is 11.1. The topological polar surface area (TPSA) is 37.3 Å². The van der Waals surface area contributed by atoms with Crippen LogP contribution < -0.4 is 0 Å². The highest BCUT2D eigenvalue weighted by molar-refractivity contribution is 5.87. The molecule has 0 amide bonds. The molecule has 10 saturated carbocycles. The van der Waals surface area contributed by atoms with Gasteiger partial charge in [0.25, 0.3) is 0 Å². The van der Waals surface area contributed by atoms with Gasteiger partial charge >= 0.3 is 0 Å². The molecule has 0 aliphatic heterocycles. The average Bonchev–Trinajstić information content (AvgIpc) is 2.39. The van der Waals surface area contributed by atoms with Crippen molar-refractivity contribution in [2.75, 3.05) is 0 Å². The monoisotopic (exact) mass is 270 g/mol. The summed E-state index contributed by atoms with van der Waals surface area (Å²) in [6.07, 6.45) is 6.97. The highest BCUT2D eigenvalue weighted by Gasteiger charge is 2.81. The SMILES string of the molecule is O=C1[C@H]2C[C@H]3[C@H]4C[C@H]5[C@H]6C[C@@]7(O)C[C@@H]5[C@H]([C@@H]14)[C@](C2)(C7)[C@@H]63. The predicted octanol–water partition coefficient (Wildman–Crippen LogP) is 2.25. The summed E-state index contributed by atoms with van der Waals surface area (Å²) in [5.41, 5.74) is 0.0839. The van der Waals surface area contributed by atoms with Gasteiger partial charge in [0.1, 0.15) is 5.78 Å². The summed E-state index contributed by atoms with van der Waals surface area (Å²) in [5.74, 6) is 7.19. The van der Waals surface area contributed by atoms with Crippen LogP contribution in [0.25, 0.3) is 0 Å². The van der Waals surface area contributed by atoms with Gasteiger partial charge in [0.2, 0.25) is 0 Å². The van der Waals surface area contributed by atoms with E-state index in [1.165, 1.54) is 19.3 Å². The van der Waals surface area contributed by atoms with E-state index in [0.29, 0.717) is 34.9 Å². The van der Waals surface area contributed by atoms with Crippen molar-refractivity contribution in [2.45, 2.75) is 44.1 Å². The van der Waals surface area contributed by atoms with E-state index in [0.717, 1.165) is 48.9 Å². The molecule has 10 fully saturated rings. The molecular formula is C18H22O2. The molecule has 0 unspecified atom stereocenters. The number of hydrogen-bond acceptors (Lipinski definition) is 2. The van der Waals surface area contributed by atoms with Crippen LogP contribution in [0.1, 0.15) is 38.5 Å². The molecule has 20 heavy (non-hydrogen) atoms. The first-order chi connectivity index (χ1) is 9.61.